The number of likely N-dealkylation sites (tertiary alicyclic amines) is 1. The van der Waals surface area contributed by atoms with Gasteiger partial charge in [0.2, 0.25) is 5.89 Å². The minimum atomic E-state index is -0.946. The molecule has 0 aliphatic carbocycles. The highest BCUT2D eigenvalue weighted by Gasteiger charge is 2.23. The van der Waals surface area contributed by atoms with Gasteiger partial charge in [0.05, 0.1) is 0 Å². The van der Waals surface area contributed by atoms with E-state index in [1.807, 2.05) is 0 Å². The lowest BCUT2D eigenvalue weighted by atomic mass is 10.1. The second-order valence-corrected chi connectivity index (χ2v) is 4.43. The Labute approximate surface area is 99.6 Å². The highest BCUT2D eigenvalue weighted by Crippen LogP contribution is 2.19. The average molecular weight is 239 g/mol. The second kappa shape index (κ2) is 5.27. The number of aliphatic carboxylic acids is 1. The Morgan fingerprint density at radius 2 is 2.47 bits per heavy atom. The minimum absolute atomic E-state index is 0.192. The molecule has 0 spiro atoms. The van der Waals surface area contributed by atoms with E-state index in [0.717, 1.165) is 32.5 Å². The van der Waals surface area contributed by atoms with Crippen molar-refractivity contribution in [2.75, 3.05) is 19.6 Å². The van der Waals surface area contributed by atoms with Crippen LogP contribution in [-0.4, -0.2) is 45.8 Å². The van der Waals surface area contributed by atoms with Gasteiger partial charge in [-0.2, -0.15) is 4.98 Å². The van der Waals surface area contributed by atoms with E-state index < -0.39 is 5.97 Å². The van der Waals surface area contributed by atoms with Crippen molar-refractivity contribution in [1.82, 2.24) is 15.0 Å². The Morgan fingerprint density at radius 1 is 1.65 bits per heavy atom. The second-order valence-electron chi connectivity index (χ2n) is 4.43. The third-order valence-electron chi connectivity index (χ3n) is 3.10. The maximum Gasteiger partial charge on any atom is 0.312 e. The van der Waals surface area contributed by atoms with E-state index >= 15 is 0 Å². The highest BCUT2D eigenvalue weighted by molar-refractivity contribution is 5.68. The Hall–Kier alpha value is -1.43. The summed E-state index contributed by atoms with van der Waals surface area (Å²) in [6, 6.07) is 0. The Bertz CT molecular complexity index is 391. The van der Waals surface area contributed by atoms with Crippen LogP contribution in [0.15, 0.2) is 4.52 Å². The lowest BCUT2D eigenvalue weighted by Crippen LogP contribution is -2.20. The Morgan fingerprint density at radius 3 is 3.12 bits per heavy atom. The first-order valence-corrected chi connectivity index (χ1v) is 5.93. The lowest BCUT2D eigenvalue weighted by Gasteiger charge is -2.11. The number of aromatic nitrogens is 2. The first-order chi connectivity index (χ1) is 8.17. The first-order valence-electron chi connectivity index (χ1n) is 5.93. The van der Waals surface area contributed by atoms with Crippen LogP contribution in [0.3, 0.4) is 0 Å². The van der Waals surface area contributed by atoms with Crippen molar-refractivity contribution in [2.24, 2.45) is 5.92 Å². The molecule has 1 saturated heterocycles. The standard InChI is InChI=1S/C11H17N3O3/c1-2-14-4-3-8(7-14)5-9-12-10(17-13-9)6-11(15)16/h8H,2-7H2,1H3,(H,15,16). The smallest absolute Gasteiger partial charge is 0.312 e. The van der Waals surface area contributed by atoms with E-state index in [9.17, 15) is 4.79 Å². The summed E-state index contributed by atoms with van der Waals surface area (Å²) in [5, 5.41) is 12.4. The number of carbonyl (C=O) groups is 1. The summed E-state index contributed by atoms with van der Waals surface area (Å²) in [5.41, 5.74) is 0. The average Bonchev–Trinajstić information content (AvgIpc) is 2.88. The summed E-state index contributed by atoms with van der Waals surface area (Å²) in [7, 11) is 0. The molecule has 0 aromatic carbocycles. The number of nitrogens with zero attached hydrogens (tertiary/aromatic N) is 3. The van der Waals surface area contributed by atoms with Crippen LogP contribution in [0.5, 0.6) is 0 Å². The fraction of sp³-hybridized carbons (Fsp3) is 0.727. The molecule has 1 aromatic heterocycles. The topological polar surface area (TPSA) is 79.5 Å². The predicted octanol–water partition coefficient (Wildman–Crippen LogP) is 0.581. The van der Waals surface area contributed by atoms with Gasteiger partial charge in [0.25, 0.3) is 0 Å². The molecule has 2 heterocycles. The van der Waals surface area contributed by atoms with Gasteiger partial charge in [-0.3, -0.25) is 4.79 Å². The number of rotatable bonds is 5. The summed E-state index contributed by atoms with van der Waals surface area (Å²) in [6.45, 7) is 5.43. The van der Waals surface area contributed by atoms with Gasteiger partial charge in [-0.25, -0.2) is 0 Å². The first kappa shape index (κ1) is 12.0. The molecular formula is C11H17N3O3. The van der Waals surface area contributed by atoms with Crippen LogP contribution in [0.1, 0.15) is 25.1 Å². The zero-order chi connectivity index (χ0) is 12.3. The highest BCUT2D eigenvalue weighted by atomic mass is 16.5. The van der Waals surface area contributed by atoms with E-state index in [0.29, 0.717) is 11.7 Å². The summed E-state index contributed by atoms with van der Waals surface area (Å²) in [6.07, 6.45) is 1.73. The van der Waals surface area contributed by atoms with Crippen LogP contribution in [-0.2, 0) is 17.6 Å². The normalized spacial score (nSPS) is 20.9. The van der Waals surface area contributed by atoms with Crippen molar-refractivity contribution >= 4 is 5.97 Å². The van der Waals surface area contributed by atoms with E-state index in [1.165, 1.54) is 0 Å². The van der Waals surface area contributed by atoms with Crippen LogP contribution in [0.2, 0.25) is 0 Å². The van der Waals surface area contributed by atoms with Gasteiger partial charge in [0, 0.05) is 13.0 Å². The molecule has 0 bridgehead atoms. The number of hydrogen-bond donors (Lipinski definition) is 1. The summed E-state index contributed by atoms with van der Waals surface area (Å²) < 4.78 is 4.88. The predicted molar refractivity (Wildman–Crippen MR) is 59.6 cm³/mol. The molecule has 17 heavy (non-hydrogen) atoms. The van der Waals surface area contributed by atoms with Crippen LogP contribution in [0.4, 0.5) is 0 Å². The molecule has 1 unspecified atom stereocenters. The SMILES string of the molecule is CCN1CCC(Cc2noc(CC(=O)O)n2)C1. The van der Waals surface area contributed by atoms with Gasteiger partial charge in [0.1, 0.15) is 6.42 Å². The molecule has 0 saturated carbocycles. The van der Waals surface area contributed by atoms with E-state index in [4.69, 9.17) is 9.63 Å². The van der Waals surface area contributed by atoms with Crippen molar-refractivity contribution in [3.05, 3.63) is 11.7 Å². The maximum atomic E-state index is 10.5. The molecular weight excluding hydrogens is 222 g/mol. The van der Waals surface area contributed by atoms with Gasteiger partial charge in [-0.05, 0) is 25.4 Å². The van der Waals surface area contributed by atoms with E-state index in [-0.39, 0.29) is 12.3 Å². The molecule has 6 heteroatoms. The zero-order valence-electron chi connectivity index (χ0n) is 9.93. The van der Waals surface area contributed by atoms with Crippen LogP contribution in [0.25, 0.3) is 0 Å². The van der Waals surface area contributed by atoms with Crippen molar-refractivity contribution in [3.8, 4) is 0 Å². The van der Waals surface area contributed by atoms with Gasteiger partial charge < -0.3 is 14.5 Å². The summed E-state index contributed by atoms with van der Waals surface area (Å²) in [4.78, 5) is 16.9. The Kier molecular flexibility index (Phi) is 3.73. The summed E-state index contributed by atoms with van der Waals surface area (Å²) in [5.74, 6) is 0.436. The van der Waals surface area contributed by atoms with E-state index in [2.05, 4.69) is 22.0 Å². The third kappa shape index (κ3) is 3.26. The minimum Gasteiger partial charge on any atom is -0.481 e. The molecule has 1 fully saturated rings. The number of carboxylic acid groups (broad SMARTS) is 1. The molecule has 6 nitrogen and oxygen atoms in total. The fourth-order valence-corrected chi connectivity index (χ4v) is 2.20. The molecule has 1 N–H and O–H groups in total. The van der Waals surface area contributed by atoms with Crippen LogP contribution in [0, 0.1) is 5.92 Å². The van der Waals surface area contributed by atoms with E-state index in [1.54, 1.807) is 0 Å². The largest absolute Gasteiger partial charge is 0.481 e. The van der Waals surface area contributed by atoms with Crippen LogP contribution >= 0.6 is 0 Å². The van der Waals surface area contributed by atoms with Crippen molar-refractivity contribution in [2.45, 2.75) is 26.2 Å². The van der Waals surface area contributed by atoms with Gasteiger partial charge in [-0.15, -0.1) is 0 Å². The van der Waals surface area contributed by atoms with Crippen molar-refractivity contribution < 1.29 is 14.4 Å². The van der Waals surface area contributed by atoms with Gasteiger partial charge in [-0.1, -0.05) is 12.1 Å². The molecule has 1 aliphatic heterocycles. The van der Waals surface area contributed by atoms with Crippen molar-refractivity contribution in [3.63, 3.8) is 0 Å². The Balaban J connectivity index is 1.87. The number of hydrogen-bond acceptors (Lipinski definition) is 5. The zero-order valence-corrected chi connectivity index (χ0v) is 9.93. The third-order valence-corrected chi connectivity index (χ3v) is 3.10. The fourth-order valence-electron chi connectivity index (χ4n) is 2.20. The van der Waals surface area contributed by atoms with Crippen molar-refractivity contribution in [1.29, 1.82) is 0 Å². The molecule has 0 amide bonds. The van der Waals surface area contributed by atoms with Crippen LogP contribution < -0.4 is 0 Å². The molecule has 1 aliphatic rings. The maximum absolute atomic E-state index is 10.5. The lowest BCUT2D eigenvalue weighted by molar-refractivity contribution is -0.136. The quantitative estimate of drug-likeness (QED) is 0.809. The van der Waals surface area contributed by atoms with Gasteiger partial charge in [0.15, 0.2) is 5.82 Å². The molecule has 1 aromatic rings. The molecule has 2 rings (SSSR count). The monoisotopic (exact) mass is 239 g/mol. The molecule has 94 valence electrons. The van der Waals surface area contributed by atoms with Gasteiger partial charge >= 0.3 is 5.97 Å². The summed E-state index contributed by atoms with van der Waals surface area (Å²) >= 11 is 0. The molecule has 0 radical (unpaired) electrons. The number of carboxylic acids is 1. The molecule has 1 atom stereocenters.